The van der Waals surface area contributed by atoms with Crippen LogP contribution in [0.5, 0.6) is 0 Å². The van der Waals surface area contributed by atoms with Gasteiger partial charge in [0, 0.05) is 5.56 Å². The molecule has 0 bridgehead atoms. The predicted octanol–water partition coefficient (Wildman–Crippen LogP) is 2.51. The van der Waals surface area contributed by atoms with Crippen LogP contribution in [-0.2, 0) is 23.7 Å². The third-order valence-electron chi connectivity index (χ3n) is 3.10. The molecule has 8 heteroatoms. The number of hydrogen-bond acceptors (Lipinski definition) is 2. The summed E-state index contributed by atoms with van der Waals surface area (Å²) in [5.74, 6) is -6.28. The lowest BCUT2D eigenvalue weighted by Gasteiger charge is -2.17. The maximum absolute atomic E-state index is 14.2. The van der Waals surface area contributed by atoms with Crippen molar-refractivity contribution < 1.29 is 27.5 Å². The molecule has 2 rings (SSSR count). The zero-order valence-corrected chi connectivity index (χ0v) is 10.1. The molecule has 4 nitrogen and oxygen atoms in total. The van der Waals surface area contributed by atoms with Crippen LogP contribution in [0.25, 0.3) is 0 Å². The van der Waals surface area contributed by atoms with E-state index in [4.69, 9.17) is 5.11 Å². The zero-order valence-electron chi connectivity index (χ0n) is 10.1. The minimum absolute atomic E-state index is 0.289. The third-order valence-corrected chi connectivity index (χ3v) is 3.10. The number of carbonyl (C=O) groups is 1. The average molecular weight is 290 g/mol. The van der Waals surface area contributed by atoms with Gasteiger partial charge < -0.3 is 5.11 Å². The number of nitrogens with zero attached hydrogens (tertiary/aromatic N) is 2. The van der Waals surface area contributed by atoms with Crippen molar-refractivity contribution in [2.75, 3.05) is 0 Å². The first-order chi connectivity index (χ1) is 9.28. The molecule has 20 heavy (non-hydrogen) atoms. The summed E-state index contributed by atoms with van der Waals surface area (Å²) >= 11 is 0. The molecular weight excluding hydrogens is 280 g/mol. The molecule has 0 fully saturated rings. The van der Waals surface area contributed by atoms with Gasteiger partial charge in [0.15, 0.2) is 0 Å². The number of rotatable bonds is 4. The van der Waals surface area contributed by atoms with Crippen molar-refractivity contribution in [3.8, 4) is 0 Å². The highest BCUT2D eigenvalue weighted by Crippen LogP contribution is 2.48. The van der Waals surface area contributed by atoms with Gasteiger partial charge >= 0.3 is 5.97 Å². The Balaban J connectivity index is 2.59. The fraction of sp³-hybridized carbons (Fsp3) is 0.417. The number of halogens is 4. The lowest BCUT2D eigenvalue weighted by molar-refractivity contribution is -0.138. The molecule has 1 N–H and O–H groups in total. The molecule has 0 spiro atoms. The van der Waals surface area contributed by atoms with Crippen LogP contribution in [-0.4, -0.2) is 20.9 Å². The summed E-state index contributed by atoms with van der Waals surface area (Å²) in [7, 11) is 0. The lowest BCUT2D eigenvalue weighted by atomic mass is 10.0. The Labute approximate surface area is 111 Å². The van der Waals surface area contributed by atoms with Crippen LogP contribution in [0.3, 0.4) is 0 Å². The van der Waals surface area contributed by atoms with Crippen molar-refractivity contribution in [2.45, 2.75) is 25.3 Å². The van der Waals surface area contributed by atoms with Crippen LogP contribution in [0.15, 0.2) is 18.4 Å². The molecule has 108 valence electrons. The molecule has 1 heterocycles. The summed E-state index contributed by atoms with van der Waals surface area (Å²) in [4.78, 5) is 10.6. The summed E-state index contributed by atoms with van der Waals surface area (Å²) in [6.07, 6.45) is -2.38. The maximum Gasteiger partial charge on any atom is 0.325 e. The monoisotopic (exact) mass is 290 g/mol. The number of fused-ring (bicyclic) bond motifs is 1. The van der Waals surface area contributed by atoms with E-state index in [1.165, 1.54) is 0 Å². The molecule has 1 aromatic heterocycles. The normalized spacial score (nSPS) is 19.8. The van der Waals surface area contributed by atoms with Gasteiger partial charge in [0.2, 0.25) is 0 Å². The predicted molar refractivity (Wildman–Crippen MR) is 59.6 cm³/mol. The largest absolute Gasteiger partial charge is 0.480 e. The lowest BCUT2D eigenvalue weighted by Crippen LogP contribution is -2.25. The highest BCUT2D eigenvalue weighted by atomic mass is 19.3. The van der Waals surface area contributed by atoms with Gasteiger partial charge in [-0.25, -0.2) is 8.78 Å². The molecule has 0 saturated carbocycles. The minimum Gasteiger partial charge on any atom is -0.480 e. The van der Waals surface area contributed by atoms with Crippen molar-refractivity contribution in [1.82, 2.24) is 9.78 Å². The molecule has 1 aliphatic carbocycles. The number of aromatic nitrogens is 2. The van der Waals surface area contributed by atoms with Crippen molar-refractivity contribution in [3.63, 3.8) is 0 Å². The molecule has 1 aliphatic rings. The molecule has 0 unspecified atom stereocenters. The molecular formula is C12H10F4N2O2. The van der Waals surface area contributed by atoms with Gasteiger partial charge in [-0.2, -0.15) is 13.9 Å². The van der Waals surface area contributed by atoms with Gasteiger partial charge in [-0.1, -0.05) is 6.58 Å². The van der Waals surface area contributed by atoms with Gasteiger partial charge in [-0.15, -0.1) is 5.73 Å². The Hall–Kier alpha value is -2.08. The number of carboxylic acids is 1. The van der Waals surface area contributed by atoms with Crippen molar-refractivity contribution in [1.29, 1.82) is 0 Å². The average Bonchev–Trinajstić information content (AvgIpc) is 2.77. The SMILES string of the molecule is C=C=C[C@@H]1Cc2c(C(F)F)nn(CC(=O)O)c2C1(F)F. The maximum atomic E-state index is 14.2. The Morgan fingerprint density at radius 1 is 1.65 bits per heavy atom. The number of hydrogen-bond donors (Lipinski definition) is 1. The summed E-state index contributed by atoms with van der Waals surface area (Å²) < 4.78 is 54.5. The first kappa shape index (κ1) is 14.3. The van der Waals surface area contributed by atoms with E-state index in [1.54, 1.807) is 0 Å². The molecule has 1 aromatic rings. The molecule has 0 radical (unpaired) electrons. The third kappa shape index (κ3) is 2.12. The highest BCUT2D eigenvalue weighted by molar-refractivity contribution is 5.66. The van der Waals surface area contributed by atoms with E-state index in [0.29, 0.717) is 4.68 Å². The quantitative estimate of drug-likeness (QED) is 0.684. The van der Waals surface area contributed by atoms with Crippen LogP contribution < -0.4 is 0 Å². The van der Waals surface area contributed by atoms with Gasteiger partial charge in [0.05, 0.1) is 5.92 Å². The Morgan fingerprint density at radius 3 is 2.80 bits per heavy atom. The Bertz CT molecular complexity index is 603. The fourth-order valence-electron chi connectivity index (χ4n) is 2.34. The molecule has 1 atom stereocenters. The van der Waals surface area contributed by atoms with E-state index < -0.39 is 42.2 Å². The highest BCUT2D eigenvalue weighted by Gasteiger charge is 2.52. The van der Waals surface area contributed by atoms with E-state index >= 15 is 0 Å². The standard InChI is InChI=1S/C12H10F4N2O2/c1-2-3-6-4-7-9(11(13)14)17-18(5-8(19)20)10(7)12(6,15)16/h3,6,11H,1,4-5H2,(H,19,20)/t6-/m1/s1. The van der Waals surface area contributed by atoms with Crippen LogP contribution in [0, 0.1) is 5.92 Å². The first-order valence-corrected chi connectivity index (χ1v) is 5.62. The van der Waals surface area contributed by atoms with Crippen LogP contribution in [0.2, 0.25) is 0 Å². The second kappa shape index (κ2) is 4.79. The van der Waals surface area contributed by atoms with E-state index in [1.807, 2.05) is 0 Å². The summed E-state index contributed by atoms with van der Waals surface area (Å²) in [5, 5.41) is 12.0. The second-order valence-electron chi connectivity index (χ2n) is 4.37. The zero-order chi connectivity index (χ0) is 15.1. The Morgan fingerprint density at radius 2 is 2.30 bits per heavy atom. The smallest absolute Gasteiger partial charge is 0.325 e. The van der Waals surface area contributed by atoms with Gasteiger partial charge in [-0.3, -0.25) is 9.48 Å². The van der Waals surface area contributed by atoms with Gasteiger partial charge in [0.25, 0.3) is 12.3 Å². The molecule has 0 aliphatic heterocycles. The second-order valence-corrected chi connectivity index (χ2v) is 4.37. The van der Waals surface area contributed by atoms with Crippen molar-refractivity contribution in [2.24, 2.45) is 5.92 Å². The summed E-state index contributed by atoms with van der Waals surface area (Å²) in [6, 6.07) is 0. The summed E-state index contributed by atoms with van der Waals surface area (Å²) in [5.41, 5.74) is 0.373. The molecule has 0 aromatic carbocycles. The van der Waals surface area contributed by atoms with Gasteiger partial charge in [0.1, 0.15) is 17.9 Å². The van der Waals surface area contributed by atoms with E-state index in [-0.39, 0.29) is 12.0 Å². The number of carboxylic acid groups (broad SMARTS) is 1. The van der Waals surface area contributed by atoms with Crippen LogP contribution in [0.4, 0.5) is 17.6 Å². The van der Waals surface area contributed by atoms with Crippen LogP contribution >= 0.6 is 0 Å². The number of aliphatic carboxylic acids is 1. The van der Waals surface area contributed by atoms with Crippen molar-refractivity contribution >= 4 is 5.97 Å². The van der Waals surface area contributed by atoms with E-state index in [2.05, 4.69) is 17.4 Å². The summed E-state index contributed by atoms with van der Waals surface area (Å²) in [6.45, 7) is 2.29. The number of alkyl halides is 4. The first-order valence-electron chi connectivity index (χ1n) is 5.62. The minimum atomic E-state index is -3.48. The van der Waals surface area contributed by atoms with Gasteiger partial charge in [-0.05, 0) is 12.5 Å². The fourth-order valence-corrected chi connectivity index (χ4v) is 2.34. The van der Waals surface area contributed by atoms with Crippen LogP contribution in [0.1, 0.15) is 23.4 Å². The van der Waals surface area contributed by atoms with E-state index in [0.717, 1.165) is 6.08 Å². The Kier molecular flexibility index (Phi) is 3.43. The molecule has 0 saturated heterocycles. The number of allylic oxidation sites excluding steroid dienone is 1. The van der Waals surface area contributed by atoms with Crippen molar-refractivity contribution in [3.05, 3.63) is 35.3 Å². The molecule has 0 amide bonds. The topological polar surface area (TPSA) is 55.1 Å². The van der Waals surface area contributed by atoms with E-state index in [9.17, 15) is 22.4 Å².